The first-order chi connectivity index (χ1) is 11.3. The van der Waals surface area contributed by atoms with E-state index in [-0.39, 0.29) is 24.4 Å². The summed E-state index contributed by atoms with van der Waals surface area (Å²) >= 11 is 1.60. The monoisotopic (exact) mass is 379 g/mol. The third-order valence-corrected chi connectivity index (χ3v) is 4.90. The quantitative estimate of drug-likeness (QED) is 0.496. The van der Waals surface area contributed by atoms with E-state index in [0.29, 0.717) is 22.2 Å². The second kappa shape index (κ2) is 7.70. The minimum atomic E-state index is -0.549. The Balaban J connectivity index is 0.00000225. The SMILES string of the molecule is C[N+](C)(C)CC(O)COc1ccc2sc3ccccc3c(=O)c2c1.[Cl-]. The molecule has 0 aliphatic carbocycles. The van der Waals surface area contributed by atoms with Crippen molar-refractivity contribution in [2.75, 3.05) is 34.3 Å². The molecule has 1 aromatic heterocycles. The molecule has 2 aromatic carbocycles. The number of likely N-dealkylation sites (N-methyl/N-ethyl adjacent to an activating group) is 1. The molecule has 134 valence electrons. The number of hydrogen-bond donors (Lipinski definition) is 1. The summed E-state index contributed by atoms with van der Waals surface area (Å²) in [7, 11) is 6.07. The number of hydrogen-bond acceptors (Lipinski definition) is 4. The average molecular weight is 380 g/mol. The molecule has 3 rings (SSSR count). The van der Waals surface area contributed by atoms with E-state index in [1.807, 2.05) is 57.5 Å². The zero-order valence-electron chi connectivity index (χ0n) is 14.5. The molecule has 1 N–H and O–H groups in total. The van der Waals surface area contributed by atoms with Gasteiger partial charge in [0.25, 0.3) is 0 Å². The molecular formula is C19H22ClNO3S. The topological polar surface area (TPSA) is 46.5 Å². The van der Waals surface area contributed by atoms with Gasteiger partial charge in [0.05, 0.1) is 21.1 Å². The molecule has 0 saturated carbocycles. The number of aliphatic hydroxyl groups excluding tert-OH is 1. The first kappa shape index (κ1) is 19.7. The first-order valence-corrected chi connectivity index (χ1v) is 8.72. The van der Waals surface area contributed by atoms with Gasteiger partial charge >= 0.3 is 0 Å². The predicted molar refractivity (Wildman–Crippen MR) is 100 cm³/mol. The summed E-state index contributed by atoms with van der Waals surface area (Å²) < 4.78 is 8.29. The molecule has 0 saturated heterocycles. The van der Waals surface area contributed by atoms with Crippen LogP contribution in [0.3, 0.4) is 0 Å². The van der Waals surface area contributed by atoms with Crippen molar-refractivity contribution < 1.29 is 26.7 Å². The van der Waals surface area contributed by atoms with Gasteiger partial charge in [-0.2, -0.15) is 0 Å². The van der Waals surface area contributed by atoms with Gasteiger partial charge in [-0.1, -0.05) is 12.1 Å². The van der Waals surface area contributed by atoms with Crippen molar-refractivity contribution in [2.24, 2.45) is 0 Å². The van der Waals surface area contributed by atoms with Crippen molar-refractivity contribution in [3.63, 3.8) is 0 Å². The van der Waals surface area contributed by atoms with Crippen LogP contribution < -0.4 is 22.6 Å². The van der Waals surface area contributed by atoms with E-state index in [2.05, 4.69) is 0 Å². The van der Waals surface area contributed by atoms with Gasteiger partial charge < -0.3 is 26.7 Å². The molecule has 0 amide bonds. The van der Waals surface area contributed by atoms with E-state index in [4.69, 9.17) is 4.74 Å². The van der Waals surface area contributed by atoms with Crippen molar-refractivity contribution >= 4 is 31.5 Å². The standard InChI is InChI=1S/C19H22NO3S.ClH/c1-20(2,3)11-13(21)12-23-14-8-9-18-16(10-14)19(22)15-6-4-5-7-17(15)24-18;/h4-10,13,21H,11-12H2,1-3H3;1H/q+1;/p-1. The molecule has 1 heterocycles. The molecule has 1 unspecified atom stereocenters. The highest BCUT2D eigenvalue weighted by molar-refractivity contribution is 7.24. The van der Waals surface area contributed by atoms with Crippen LogP contribution in [-0.2, 0) is 0 Å². The minimum absolute atomic E-state index is 0. The molecule has 1 atom stereocenters. The number of quaternary nitrogens is 1. The molecular weight excluding hydrogens is 358 g/mol. The lowest BCUT2D eigenvalue weighted by Crippen LogP contribution is -3.00. The van der Waals surface area contributed by atoms with Crippen molar-refractivity contribution in [3.05, 3.63) is 52.7 Å². The van der Waals surface area contributed by atoms with Crippen molar-refractivity contribution in [1.82, 2.24) is 0 Å². The molecule has 0 aliphatic rings. The van der Waals surface area contributed by atoms with Crippen LogP contribution in [0, 0.1) is 0 Å². The Kier molecular flexibility index (Phi) is 6.06. The van der Waals surface area contributed by atoms with Crippen LogP contribution in [0.25, 0.3) is 20.2 Å². The average Bonchev–Trinajstić information content (AvgIpc) is 2.52. The third-order valence-electron chi connectivity index (χ3n) is 3.75. The maximum absolute atomic E-state index is 12.7. The number of benzene rings is 2. The lowest BCUT2D eigenvalue weighted by molar-refractivity contribution is -0.873. The normalized spacial score (nSPS) is 12.8. The number of halogens is 1. The third kappa shape index (κ3) is 4.70. The van der Waals surface area contributed by atoms with Gasteiger partial charge in [-0.25, -0.2) is 0 Å². The van der Waals surface area contributed by atoms with Gasteiger partial charge in [-0.3, -0.25) is 4.79 Å². The molecule has 0 spiro atoms. The second-order valence-corrected chi connectivity index (χ2v) is 8.11. The lowest BCUT2D eigenvalue weighted by atomic mass is 10.2. The lowest BCUT2D eigenvalue weighted by Gasteiger charge is -2.26. The van der Waals surface area contributed by atoms with Crippen LogP contribution in [0.1, 0.15) is 0 Å². The Morgan fingerprint density at radius 2 is 1.76 bits per heavy atom. The van der Waals surface area contributed by atoms with Gasteiger partial charge in [-0.05, 0) is 30.3 Å². The molecule has 3 aromatic rings. The number of rotatable bonds is 5. The Morgan fingerprint density at radius 3 is 2.48 bits per heavy atom. The fourth-order valence-corrected chi connectivity index (χ4v) is 3.80. The fourth-order valence-electron chi connectivity index (χ4n) is 2.75. The molecule has 4 nitrogen and oxygen atoms in total. The Hall–Kier alpha value is -1.66. The Bertz CT molecular complexity index is 933. The van der Waals surface area contributed by atoms with Gasteiger partial charge in [-0.15, -0.1) is 11.3 Å². The van der Waals surface area contributed by atoms with Crippen LogP contribution in [0.5, 0.6) is 5.75 Å². The van der Waals surface area contributed by atoms with E-state index in [0.717, 1.165) is 14.8 Å². The van der Waals surface area contributed by atoms with E-state index in [1.165, 1.54) is 0 Å². The van der Waals surface area contributed by atoms with Crippen molar-refractivity contribution in [2.45, 2.75) is 6.10 Å². The van der Waals surface area contributed by atoms with Crippen LogP contribution in [0.4, 0.5) is 0 Å². The maximum atomic E-state index is 12.7. The molecule has 0 bridgehead atoms. The van der Waals surface area contributed by atoms with E-state index in [1.54, 1.807) is 17.4 Å². The Morgan fingerprint density at radius 1 is 1.08 bits per heavy atom. The zero-order chi connectivity index (χ0) is 17.3. The van der Waals surface area contributed by atoms with Gasteiger partial charge in [0.1, 0.15) is 25.0 Å². The highest BCUT2D eigenvalue weighted by Crippen LogP contribution is 2.27. The Labute approximate surface area is 157 Å². The van der Waals surface area contributed by atoms with Crippen LogP contribution in [0.15, 0.2) is 47.3 Å². The van der Waals surface area contributed by atoms with E-state index < -0.39 is 6.10 Å². The molecule has 6 heteroatoms. The molecule has 0 radical (unpaired) electrons. The van der Waals surface area contributed by atoms with Gasteiger partial charge in [0, 0.05) is 20.2 Å². The number of fused-ring (bicyclic) bond motifs is 2. The van der Waals surface area contributed by atoms with Crippen molar-refractivity contribution in [3.8, 4) is 5.75 Å². The summed E-state index contributed by atoms with van der Waals surface area (Å²) in [6.07, 6.45) is -0.549. The van der Waals surface area contributed by atoms with E-state index in [9.17, 15) is 9.90 Å². The summed E-state index contributed by atoms with van der Waals surface area (Å²) in [5.41, 5.74) is 0.0247. The second-order valence-electron chi connectivity index (χ2n) is 7.02. The number of ether oxygens (including phenoxy) is 1. The van der Waals surface area contributed by atoms with Crippen LogP contribution in [0.2, 0.25) is 0 Å². The number of aliphatic hydroxyl groups is 1. The molecule has 25 heavy (non-hydrogen) atoms. The zero-order valence-corrected chi connectivity index (χ0v) is 16.1. The largest absolute Gasteiger partial charge is 1.00 e. The summed E-state index contributed by atoms with van der Waals surface area (Å²) in [5, 5.41) is 11.5. The van der Waals surface area contributed by atoms with Crippen LogP contribution in [-0.4, -0.2) is 50.0 Å². The molecule has 0 fully saturated rings. The van der Waals surface area contributed by atoms with Gasteiger partial charge in [0.15, 0.2) is 5.43 Å². The number of nitrogens with zero attached hydrogens (tertiary/aromatic N) is 1. The predicted octanol–water partition coefficient (Wildman–Crippen LogP) is -0.135. The highest BCUT2D eigenvalue weighted by atomic mass is 35.5. The first-order valence-electron chi connectivity index (χ1n) is 7.90. The summed E-state index contributed by atoms with van der Waals surface area (Å²) in [4.78, 5) is 12.7. The minimum Gasteiger partial charge on any atom is -1.00 e. The summed E-state index contributed by atoms with van der Waals surface area (Å²) in [5.74, 6) is 0.613. The van der Waals surface area contributed by atoms with Gasteiger partial charge in [0.2, 0.25) is 0 Å². The summed E-state index contributed by atoms with van der Waals surface area (Å²) in [6, 6.07) is 13.2. The fraction of sp³-hybridized carbons (Fsp3) is 0.316. The van der Waals surface area contributed by atoms with Crippen LogP contribution >= 0.6 is 11.3 Å². The maximum Gasteiger partial charge on any atom is 0.196 e. The highest BCUT2D eigenvalue weighted by Gasteiger charge is 2.16. The van der Waals surface area contributed by atoms with E-state index >= 15 is 0 Å². The molecule has 0 aliphatic heterocycles. The smallest absolute Gasteiger partial charge is 0.196 e. The van der Waals surface area contributed by atoms with Crippen molar-refractivity contribution in [1.29, 1.82) is 0 Å². The summed E-state index contributed by atoms with van der Waals surface area (Å²) in [6.45, 7) is 0.819.